The lowest BCUT2D eigenvalue weighted by Crippen LogP contribution is -2.04. The minimum absolute atomic E-state index is 0.0211. The van der Waals surface area contributed by atoms with E-state index < -0.39 is 5.78 Å². The highest BCUT2D eigenvalue weighted by molar-refractivity contribution is 6.29. The number of benzene rings is 1. The van der Waals surface area contributed by atoms with Gasteiger partial charge in [-0.3, -0.25) is 15.3 Å². The van der Waals surface area contributed by atoms with Crippen LogP contribution in [0.3, 0.4) is 0 Å². The van der Waals surface area contributed by atoms with Gasteiger partial charge in [-0.15, -0.1) is 0 Å². The minimum Gasteiger partial charge on any atom is -0.300 e. The number of aromatic nitrogens is 3. The van der Waals surface area contributed by atoms with Gasteiger partial charge in [0.15, 0.2) is 0 Å². The molecule has 0 aliphatic heterocycles. The van der Waals surface area contributed by atoms with Crippen molar-refractivity contribution in [3.05, 3.63) is 84.0 Å². The van der Waals surface area contributed by atoms with E-state index in [-0.39, 0.29) is 21.8 Å². The van der Waals surface area contributed by atoms with Gasteiger partial charge in [0.25, 0.3) is 0 Å². The monoisotopic (exact) mass is 308 g/mol. The summed E-state index contributed by atoms with van der Waals surface area (Å²) in [7, 11) is 0. The Bertz CT molecular complexity index is 879. The molecule has 3 rings (SSSR count). The quantitative estimate of drug-likeness (QED) is 0.561. The molecule has 0 aliphatic carbocycles. The van der Waals surface area contributed by atoms with Crippen LogP contribution in [-0.4, -0.2) is 26.5 Å². The number of ketones is 1. The molecule has 0 saturated carbocycles. The first-order valence-corrected chi connectivity index (χ1v) is 6.84. The highest BCUT2D eigenvalue weighted by Crippen LogP contribution is 2.20. The predicted octanol–water partition coefficient (Wildman–Crippen LogP) is 3.26. The summed E-state index contributed by atoms with van der Waals surface area (Å²) in [6.07, 6.45) is 2.64. The first-order valence-electron chi connectivity index (χ1n) is 6.84. The Morgan fingerprint density at radius 3 is 2.61 bits per heavy atom. The Kier molecular flexibility index (Phi) is 3.72. The number of carbonyl (C=O) groups excluding carboxylic acids is 1. The van der Waals surface area contributed by atoms with Crippen molar-refractivity contribution in [1.82, 2.24) is 15.0 Å². The summed E-state index contributed by atoms with van der Waals surface area (Å²) >= 11 is 0. The third-order valence-corrected chi connectivity index (χ3v) is 3.46. The van der Waals surface area contributed by atoms with Crippen LogP contribution >= 0.6 is 0 Å². The van der Waals surface area contributed by atoms with Crippen LogP contribution in [0.15, 0.2) is 61.4 Å². The number of carbonyl (C=O) groups is 1. The highest BCUT2D eigenvalue weighted by Gasteiger charge is 2.19. The van der Waals surface area contributed by atoms with E-state index in [1.165, 1.54) is 6.07 Å². The number of aromatic amines is 1. The Morgan fingerprint density at radius 2 is 1.96 bits per heavy atom. The lowest BCUT2D eigenvalue weighted by molar-refractivity contribution is 0.102. The summed E-state index contributed by atoms with van der Waals surface area (Å²) in [5.74, 6) is -0.445. The third-order valence-electron chi connectivity index (χ3n) is 3.46. The van der Waals surface area contributed by atoms with Gasteiger partial charge in [-0.05, 0) is 12.1 Å². The van der Waals surface area contributed by atoms with E-state index in [0.29, 0.717) is 16.8 Å². The number of nitrogens with zero attached hydrogens (tertiary/aromatic N) is 2. The van der Waals surface area contributed by atoms with Crippen molar-refractivity contribution in [3.8, 4) is 0 Å². The molecule has 0 unspecified atom stereocenters. The molecular formula is C17H13FN4O. The predicted molar refractivity (Wildman–Crippen MR) is 85.3 cm³/mol. The molecule has 6 heteroatoms. The Hall–Kier alpha value is -3.28. The highest BCUT2D eigenvalue weighted by atomic mass is 19.2. The van der Waals surface area contributed by atoms with Crippen molar-refractivity contribution < 1.29 is 9.28 Å². The van der Waals surface area contributed by atoms with Crippen LogP contribution < -0.4 is 0 Å². The molecule has 2 aromatic heterocycles. The van der Waals surface area contributed by atoms with E-state index >= 15 is 0 Å². The largest absolute Gasteiger partial charge is 0.300 e. The molecule has 0 bridgehead atoms. The fraction of sp³-hybridized carbons (Fsp3) is 0. The smallest absolute Gasteiger partial charge is 0.212 e. The molecule has 0 fully saturated rings. The van der Waals surface area contributed by atoms with Crippen molar-refractivity contribution in [2.45, 2.75) is 0 Å². The second kappa shape index (κ2) is 5.84. The molecule has 0 aliphatic rings. The Balaban J connectivity index is 1.91. The second-order valence-corrected chi connectivity index (χ2v) is 4.94. The zero-order valence-corrected chi connectivity index (χ0v) is 12.1. The fourth-order valence-electron chi connectivity index (χ4n) is 2.21. The minimum atomic E-state index is -0.445. The maximum Gasteiger partial charge on any atom is 0.212 e. The van der Waals surface area contributed by atoms with Crippen molar-refractivity contribution >= 4 is 17.1 Å². The zero-order valence-electron chi connectivity index (χ0n) is 12.1. The van der Waals surface area contributed by atoms with Crippen LogP contribution in [0, 0.1) is 5.41 Å². The van der Waals surface area contributed by atoms with Crippen LogP contribution in [0.2, 0.25) is 0 Å². The van der Waals surface area contributed by atoms with Crippen molar-refractivity contribution in [2.24, 2.45) is 0 Å². The van der Waals surface area contributed by atoms with Crippen LogP contribution in [0.4, 0.5) is 4.48 Å². The molecule has 114 valence electrons. The molecule has 23 heavy (non-hydrogen) atoms. The summed E-state index contributed by atoms with van der Waals surface area (Å²) in [4.78, 5) is 12.6. The summed E-state index contributed by atoms with van der Waals surface area (Å²) < 4.78 is 14.1. The van der Waals surface area contributed by atoms with Gasteiger partial charge in [-0.1, -0.05) is 41.4 Å². The van der Waals surface area contributed by atoms with E-state index in [2.05, 4.69) is 16.8 Å². The van der Waals surface area contributed by atoms with E-state index in [1.54, 1.807) is 42.6 Å². The molecule has 1 aromatic carbocycles. The summed E-state index contributed by atoms with van der Waals surface area (Å²) in [6, 6.07) is 11.4. The summed E-state index contributed by atoms with van der Waals surface area (Å²) in [5, 5.41) is 14.6. The molecule has 3 aromatic rings. The van der Waals surface area contributed by atoms with Crippen LogP contribution in [0.1, 0.15) is 27.3 Å². The molecule has 0 saturated heterocycles. The number of hydrogen-bond donors (Lipinski definition) is 2. The van der Waals surface area contributed by atoms with Gasteiger partial charge in [0.05, 0.1) is 11.4 Å². The maximum atomic E-state index is 14.1. The number of allylic oxidation sites excluding steroid dienone is 1. The summed E-state index contributed by atoms with van der Waals surface area (Å²) in [6.45, 7) is 3.80. The average molecular weight is 308 g/mol. The molecule has 0 radical (unpaired) electrons. The average Bonchev–Trinajstić information content (AvgIpc) is 3.23. The van der Waals surface area contributed by atoms with Gasteiger partial charge >= 0.3 is 0 Å². The second-order valence-electron chi connectivity index (χ2n) is 4.94. The van der Waals surface area contributed by atoms with Crippen molar-refractivity contribution in [1.29, 1.82) is 5.41 Å². The van der Waals surface area contributed by atoms with Crippen molar-refractivity contribution in [3.63, 3.8) is 0 Å². The number of halogens is 1. The number of H-pyrrole nitrogens is 1. The summed E-state index contributed by atoms with van der Waals surface area (Å²) in [5.41, 5.74) is 1.48. The van der Waals surface area contributed by atoms with Gasteiger partial charge in [-0.2, -0.15) is 9.89 Å². The SMILES string of the molecule is C=C(C(=N)c1cc(C(=O)c2ccccc2)n(F)c1)c1ccn[nH]1. The lowest BCUT2D eigenvalue weighted by Gasteiger charge is -2.02. The lowest BCUT2D eigenvalue weighted by atomic mass is 10.0. The standard InChI is InChI=1S/C17H13FN4O/c1-11(14-7-8-20-21-14)16(19)13-9-15(22(18)10-13)17(23)12-5-3-2-4-6-12/h2-10,19H,1H2,(H,20,21). The van der Waals surface area contributed by atoms with E-state index in [4.69, 9.17) is 5.41 Å². The third kappa shape index (κ3) is 2.74. The number of hydrogen-bond acceptors (Lipinski definition) is 3. The topological polar surface area (TPSA) is 74.5 Å². The normalized spacial score (nSPS) is 10.5. The molecular weight excluding hydrogens is 295 g/mol. The molecule has 2 heterocycles. The van der Waals surface area contributed by atoms with Crippen LogP contribution in [-0.2, 0) is 0 Å². The van der Waals surface area contributed by atoms with Gasteiger partial charge in [-0.25, -0.2) is 0 Å². The van der Waals surface area contributed by atoms with Crippen LogP contribution in [0.5, 0.6) is 0 Å². The molecule has 0 spiro atoms. The zero-order chi connectivity index (χ0) is 16.4. The van der Waals surface area contributed by atoms with E-state index in [0.717, 1.165) is 6.20 Å². The van der Waals surface area contributed by atoms with Crippen LogP contribution in [0.25, 0.3) is 5.57 Å². The maximum absolute atomic E-state index is 14.1. The first kappa shape index (κ1) is 14.6. The van der Waals surface area contributed by atoms with Gasteiger partial charge in [0, 0.05) is 29.1 Å². The number of rotatable bonds is 5. The first-order chi connectivity index (χ1) is 11.1. The molecule has 0 atom stereocenters. The molecule has 5 nitrogen and oxygen atoms in total. The Labute approximate surface area is 131 Å². The fourth-order valence-corrected chi connectivity index (χ4v) is 2.21. The Morgan fingerprint density at radius 1 is 1.22 bits per heavy atom. The number of nitrogens with one attached hydrogen (secondary N) is 2. The van der Waals surface area contributed by atoms with E-state index in [1.807, 2.05) is 0 Å². The molecule has 0 amide bonds. The van der Waals surface area contributed by atoms with Crippen molar-refractivity contribution in [2.75, 3.05) is 0 Å². The van der Waals surface area contributed by atoms with Gasteiger partial charge in [0.1, 0.15) is 5.69 Å². The molecule has 2 N–H and O–H groups in total. The van der Waals surface area contributed by atoms with E-state index in [9.17, 15) is 9.28 Å². The van der Waals surface area contributed by atoms with Gasteiger partial charge < -0.3 is 0 Å². The van der Waals surface area contributed by atoms with Gasteiger partial charge in [0.2, 0.25) is 5.78 Å².